The fourth-order valence-corrected chi connectivity index (χ4v) is 3.00. The van der Waals surface area contributed by atoms with Gasteiger partial charge in [-0.2, -0.15) is 5.10 Å². The molecule has 166 valence electrons. The van der Waals surface area contributed by atoms with Crippen molar-refractivity contribution in [3.8, 4) is 0 Å². The summed E-state index contributed by atoms with van der Waals surface area (Å²) in [7, 11) is 1.76. The number of aromatic nitrogens is 2. The molecule has 0 atom stereocenters. The van der Waals surface area contributed by atoms with Gasteiger partial charge in [-0.15, -0.1) is 24.0 Å². The third kappa shape index (κ3) is 8.73. The molecule has 7 nitrogen and oxygen atoms in total. The lowest BCUT2D eigenvalue weighted by molar-refractivity contribution is 0.0953. The first-order chi connectivity index (χ1) is 14.0. The molecule has 0 bridgehead atoms. The normalized spacial score (nSPS) is 11.0. The molecule has 0 radical (unpaired) electrons. The molecule has 0 saturated carbocycles. The van der Waals surface area contributed by atoms with Gasteiger partial charge in [-0.1, -0.05) is 25.5 Å². The molecule has 0 spiro atoms. The predicted molar refractivity (Wildman–Crippen MR) is 134 cm³/mol. The zero-order valence-corrected chi connectivity index (χ0v) is 20.8. The second kappa shape index (κ2) is 14.0. The number of halogens is 1. The SMILES string of the molecule is CCCCNC(=O)c1ccc(CNC(=NC)NCCCn2nc(C)cc2C)cc1.I. The highest BCUT2D eigenvalue weighted by Gasteiger charge is 2.05. The highest BCUT2D eigenvalue weighted by molar-refractivity contribution is 14.0. The number of amides is 1. The highest BCUT2D eigenvalue weighted by Crippen LogP contribution is 2.05. The van der Waals surface area contributed by atoms with Crippen LogP contribution in [0.2, 0.25) is 0 Å². The summed E-state index contributed by atoms with van der Waals surface area (Å²) >= 11 is 0. The minimum absolute atomic E-state index is 0. The average molecular weight is 526 g/mol. The van der Waals surface area contributed by atoms with Crippen molar-refractivity contribution < 1.29 is 4.79 Å². The maximum atomic E-state index is 12.1. The van der Waals surface area contributed by atoms with E-state index < -0.39 is 0 Å². The molecule has 1 aromatic heterocycles. The van der Waals surface area contributed by atoms with Gasteiger partial charge in [0.15, 0.2) is 5.96 Å². The lowest BCUT2D eigenvalue weighted by atomic mass is 10.1. The van der Waals surface area contributed by atoms with Crippen molar-refractivity contribution in [1.29, 1.82) is 0 Å². The van der Waals surface area contributed by atoms with Crippen LogP contribution in [0.5, 0.6) is 0 Å². The van der Waals surface area contributed by atoms with Gasteiger partial charge in [-0.05, 0) is 50.5 Å². The van der Waals surface area contributed by atoms with E-state index in [0.29, 0.717) is 12.1 Å². The fourth-order valence-electron chi connectivity index (χ4n) is 3.00. The number of aliphatic imine (C=N–C) groups is 1. The maximum Gasteiger partial charge on any atom is 0.251 e. The Balaban J connectivity index is 0.00000450. The summed E-state index contributed by atoms with van der Waals surface area (Å²) in [6, 6.07) is 9.76. The van der Waals surface area contributed by atoms with Crippen molar-refractivity contribution in [3.05, 3.63) is 52.8 Å². The minimum atomic E-state index is -0.0157. The average Bonchev–Trinajstić information content (AvgIpc) is 3.05. The number of benzene rings is 1. The summed E-state index contributed by atoms with van der Waals surface area (Å²) in [4.78, 5) is 16.3. The number of guanidine groups is 1. The molecular weight excluding hydrogens is 491 g/mol. The smallest absolute Gasteiger partial charge is 0.251 e. The van der Waals surface area contributed by atoms with Crippen LogP contribution in [0.25, 0.3) is 0 Å². The first-order valence-electron chi connectivity index (χ1n) is 10.4. The van der Waals surface area contributed by atoms with E-state index in [1.807, 2.05) is 35.9 Å². The largest absolute Gasteiger partial charge is 0.356 e. The number of aryl methyl sites for hydroxylation is 3. The zero-order chi connectivity index (χ0) is 21.1. The van der Waals surface area contributed by atoms with Crippen molar-refractivity contribution in [2.45, 2.75) is 53.1 Å². The van der Waals surface area contributed by atoms with Gasteiger partial charge in [0, 0.05) is 44.5 Å². The number of unbranched alkanes of at least 4 members (excludes halogenated alkanes) is 1. The number of nitrogens with one attached hydrogen (secondary N) is 3. The number of carbonyl (C=O) groups is 1. The van der Waals surface area contributed by atoms with Gasteiger partial charge >= 0.3 is 0 Å². The number of hydrogen-bond donors (Lipinski definition) is 3. The molecule has 1 heterocycles. The van der Waals surface area contributed by atoms with Crippen molar-refractivity contribution in [1.82, 2.24) is 25.7 Å². The van der Waals surface area contributed by atoms with Gasteiger partial charge in [0.1, 0.15) is 0 Å². The van der Waals surface area contributed by atoms with Crippen molar-refractivity contribution >= 4 is 35.8 Å². The molecule has 1 aromatic carbocycles. The van der Waals surface area contributed by atoms with Crippen LogP contribution in [0.3, 0.4) is 0 Å². The van der Waals surface area contributed by atoms with Crippen molar-refractivity contribution in [3.63, 3.8) is 0 Å². The molecule has 30 heavy (non-hydrogen) atoms. The Morgan fingerprint density at radius 3 is 2.37 bits per heavy atom. The van der Waals surface area contributed by atoms with E-state index in [4.69, 9.17) is 0 Å². The van der Waals surface area contributed by atoms with E-state index in [1.54, 1.807) is 7.05 Å². The molecule has 0 aliphatic heterocycles. The second-order valence-electron chi connectivity index (χ2n) is 7.16. The Hall–Kier alpha value is -2.10. The first-order valence-corrected chi connectivity index (χ1v) is 10.4. The Bertz CT molecular complexity index is 800. The summed E-state index contributed by atoms with van der Waals surface area (Å²) in [5.74, 6) is 0.748. The monoisotopic (exact) mass is 526 g/mol. The summed E-state index contributed by atoms with van der Waals surface area (Å²) in [5, 5.41) is 14.0. The molecule has 0 fully saturated rings. The Kier molecular flexibility index (Phi) is 12.1. The molecule has 0 saturated heterocycles. The standard InChI is InChI=1S/C22H34N6O.HI/c1-5-6-12-24-21(29)20-10-8-19(9-11-20)16-26-22(23-4)25-13-7-14-28-18(3)15-17(2)27-28;/h8-11,15H,5-7,12-14,16H2,1-4H3,(H,24,29)(H2,23,25,26);1H. The van der Waals surface area contributed by atoms with Crippen LogP contribution in [0.1, 0.15) is 53.5 Å². The van der Waals surface area contributed by atoms with Crippen LogP contribution < -0.4 is 16.0 Å². The van der Waals surface area contributed by atoms with Crippen molar-refractivity contribution in [2.75, 3.05) is 20.1 Å². The summed E-state index contributed by atoms with van der Waals surface area (Å²) in [6.45, 7) is 9.26. The van der Waals surface area contributed by atoms with Gasteiger partial charge in [0.25, 0.3) is 5.91 Å². The van der Waals surface area contributed by atoms with Crippen LogP contribution in [0.4, 0.5) is 0 Å². The van der Waals surface area contributed by atoms with E-state index in [1.165, 1.54) is 5.69 Å². The number of nitrogens with zero attached hydrogens (tertiary/aromatic N) is 3. The van der Waals surface area contributed by atoms with E-state index in [2.05, 4.69) is 46.0 Å². The Morgan fingerprint density at radius 1 is 1.07 bits per heavy atom. The maximum absolute atomic E-state index is 12.1. The molecule has 1 amide bonds. The molecular formula is C22H35IN6O. The summed E-state index contributed by atoms with van der Waals surface area (Å²) < 4.78 is 2.03. The lowest BCUT2D eigenvalue weighted by Crippen LogP contribution is -2.37. The topological polar surface area (TPSA) is 83.3 Å². The Labute approximate surface area is 197 Å². The molecule has 0 unspecified atom stereocenters. The third-order valence-electron chi connectivity index (χ3n) is 4.66. The van der Waals surface area contributed by atoms with Crippen molar-refractivity contribution in [2.24, 2.45) is 4.99 Å². The predicted octanol–water partition coefficient (Wildman–Crippen LogP) is 3.40. The summed E-state index contributed by atoms with van der Waals surface area (Å²) in [5.41, 5.74) is 4.03. The van der Waals surface area contributed by atoms with Crippen LogP contribution in [-0.2, 0) is 13.1 Å². The quantitative estimate of drug-likeness (QED) is 0.192. The van der Waals surface area contributed by atoms with Crippen LogP contribution in [-0.4, -0.2) is 41.8 Å². The zero-order valence-electron chi connectivity index (χ0n) is 18.5. The van der Waals surface area contributed by atoms with Gasteiger partial charge < -0.3 is 16.0 Å². The second-order valence-corrected chi connectivity index (χ2v) is 7.16. The van der Waals surface area contributed by atoms with E-state index in [-0.39, 0.29) is 29.9 Å². The van der Waals surface area contributed by atoms with Crippen LogP contribution >= 0.6 is 24.0 Å². The molecule has 3 N–H and O–H groups in total. The molecule has 0 aliphatic carbocycles. The van der Waals surface area contributed by atoms with E-state index in [0.717, 1.165) is 56.1 Å². The van der Waals surface area contributed by atoms with Gasteiger partial charge in [-0.25, -0.2) is 0 Å². The van der Waals surface area contributed by atoms with Crippen LogP contribution in [0.15, 0.2) is 35.3 Å². The first kappa shape index (κ1) is 25.9. The Morgan fingerprint density at radius 2 is 1.77 bits per heavy atom. The minimum Gasteiger partial charge on any atom is -0.356 e. The fraction of sp³-hybridized carbons (Fsp3) is 0.500. The molecule has 2 aromatic rings. The van der Waals surface area contributed by atoms with Crippen LogP contribution in [0, 0.1) is 13.8 Å². The third-order valence-corrected chi connectivity index (χ3v) is 4.66. The summed E-state index contributed by atoms with van der Waals surface area (Å²) in [6.07, 6.45) is 3.04. The van der Waals surface area contributed by atoms with Gasteiger partial charge in [0.2, 0.25) is 0 Å². The number of hydrogen-bond acceptors (Lipinski definition) is 3. The van der Waals surface area contributed by atoms with Gasteiger partial charge in [-0.3, -0.25) is 14.5 Å². The molecule has 0 aliphatic rings. The molecule has 2 rings (SSSR count). The number of carbonyl (C=O) groups excluding carboxylic acids is 1. The lowest BCUT2D eigenvalue weighted by Gasteiger charge is -2.12. The highest BCUT2D eigenvalue weighted by atomic mass is 127. The molecule has 8 heteroatoms. The van der Waals surface area contributed by atoms with Gasteiger partial charge in [0.05, 0.1) is 5.69 Å². The van der Waals surface area contributed by atoms with E-state index >= 15 is 0 Å². The van der Waals surface area contributed by atoms with E-state index in [9.17, 15) is 4.79 Å². The number of rotatable bonds is 10.